The van der Waals surface area contributed by atoms with Crippen LogP contribution in [0.25, 0.3) is 0 Å². The van der Waals surface area contributed by atoms with E-state index in [2.05, 4.69) is 0 Å². The fraction of sp³-hybridized carbons (Fsp3) is 0.538. The average molecular weight is 297 g/mol. The second-order valence-corrected chi connectivity index (χ2v) is 4.83. The fourth-order valence-electron chi connectivity index (χ4n) is 1.57. The lowest BCUT2D eigenvalue weighted by Crippen LogP contribution is -2.43. The molecule has 1 aliphatic rings. The van der Waals surface area contributed by atoms with Gasteiger partial charge in [0.25, 0.3) is 5.92 Å². The lowest BCUT2D eigenvalue weighted by molar-refractivity contribution is -0.134. The maximum Gasteiger partial charge on any atom is 0.255 e. The van der Waals surface area contributed by atoms with Crippen molar-refractivity contribution >= 4 is 23.2 Å². The van der Waals surface area contributed by atoms with Crippen molar-refractivity contribution in [3.63, 3.8) is 0 Å². The summed E-state index contributed by atoms with van der Waals surface area (Å²) in [5, 5.41) is 0.960. The Bertz CT molecular complexity index is 390. The highest BCUT2D eigenvalue weighted by Gasteiger charge is 2.47. The Balaban J connectivity index is 0.000000771. The molecule has 18 heavy (non-hydrogen) atoms. The second-order valence-electron chi connectivity index (χ2n) is 4.02. The third-order valence-electron chi connectivity index (χ3n) is 2.61. The van der Waals surface area contributed by atoms with E-state index in [1.807, 2.05) is 13.8 Å². The third kappa shape index (κ3) is 3.72. The SMILES string of the molecule is CC.Cc1c(Cl)cc(OC2CC(F)(F)C2)cc1Cl. The lowest BCUT2D eigenvalue weighted by Gasteiger charge is -2.34. The van der Waals surface area contributed by atoms with E-state index in [9.17, 15) is 8.78 Å². The van der Waals surface area contributed by atoms with Gasteiger partial charge in [-0.25, -0.2) is 8.78 Å². The van der Waals surface area contributed by atoms with E-state index in [1.54, 1.807) is 19.1 Å². The fourth-order valence-corrected chi connectivity index (χ4v) is 2.04. The molecule has 1 fully saturated rings. The first-order valence-electron chi connectivity index (χ1n) is 5.87. The molecule has 0 saturated heterocycles. The molecule has 0 unspecified atom stereocenters. The number of hydrogen-bond donors (Lipinski definition) is 0. The minimum absolute atomic E-state index is 0.240. The van der Waals surface area contributed by atoms with E-state index in [-0.39, 0.29) is 12.8 Å². The zero-order chi connectivity index (χ0) is 13.9. The number of hydrogen-bond acceptors (Lipinski definition) is 1. The van der Waals surface area contributed by atoms with Crippen LogP contribution in [0.5, 0.6) is 5.75 Å². The summed E-state index contributed by atoms with van der Waals surface area (Å²) in [6, 6.07) is 3.19. The van der Waals surface area contributed by atoms with Gasteiger partial charge in [-0.3, -0.25) is 0 Å². The zero-order valence-electron chi connectivity index (χ0n) is 10.6. The summed E-state index contributed by atoms with van der Waals surface area (Å²) in [7, 11) is 0. The second kappa shape index (κ2) is 6.07. The average Bonchev–Trinajstić information content (AvgIpc) is 2.26. The van der Waals surface area contributed by atoms with Crippen molar-refractivity contribution < 1.29 is 13.5 Å². The number of alkyl halides is 2. The van der Waals surface area contributed by atoms with Crippen molar-refractivity contribution in [2.24, 2.45) is 0 Å². The monoisotopic (exact) mass is 296 g/mol. The van der Waals surface area contributed by atoms with Gasteiger partial charge in [0.1, 0.15) is 11.9 Å². The highest BCUT2D eigenvalue weighted by Crippen LogP contribution is 2.40. The number of benzene rings is 1. The van der Waals surface area contributed by atoms with Crippen molar-refractivity contribution in [2.75, 3.05) is 0 Å². The molecular formula is C13H16Cl2F2O. The smallest absolute Gasteiger partial charge is 0.255 e. The topological polar surface area (TPSA) is 9.23 Å². The molecule has 0 radical (unpaired) electrons. The van der Waals surface area contributed by atoms with Crippen LogP contribution in [-0.2, 0) is 0 Å². The Morgan fingerprint density at radius 3 is 2.00 bits per heavy atom. The maximum atomic E-state index is 12.6. The van der Waals surface area contributed by atoms with Gasteiger partial charge in [-0.05, 0) is 24.6 Å². The summed E-state index contributed by atoms with van der Waals surface area (Å²) < 4.78 is 30.5. The van der Waals surface area contributed by atoms with Gasteiger partial charge in [0.05, 0.1) is 0 Å². The third-order valence-corrected chi connectivity index (χ3v) is 3.39. The molecule has 1 saturated carbocycles. The Labute approximate surface area is 116 Å². The molecule has 2 rings (SSSR count). The van der Waals surface area contributed by atoms with E-state index >= 15 is 0 Å². The van der Waals surface area contributed by atoms with Crippen LogP contribution in [0, 0.1) is 6.92 Å². The normalized spacial score (nSPS) is 17.5. The molecule has 0 aliphatic heterocycles. The van der Waals surface area contributed by atoms with Crippen LogP contribution in [0.15, 0.2) is 12.1 Å². The van der Waals surface area contributed by atoms with Crippen molar-refractivity contribution in [2.45, 2.75) is 45.6 Å². The Kier molecular flexibility index (Phi) is 5.23. The minimum atomic E-state index is -2.58. The van der Waals surface area contributed by atoms with Crippen LogP contribution < -0.4 is 4.74 Å². The van der Waals surface area contributed by atoms with Gasteiger partial charge in [0, 0.05) is 22.9 Å². The van der Waals surface area contributed by atoms with E-state index in [0.29, 0.717) is 15.8 Å². The van der Waals surface area contributed by atoms with Gasteiger partial charge in [-0.1, -0.05) is 37.0 Å². The first kappa shape index (κ1) is 15.5. The molecule has 0 amide bonds. The van der Waals surface area contributed by atoms with Crippen LogP contribution in [0.4, 0.5) is 8.78 Å². The van der Waals surface area contributed by atoms with E-state index in [0.717, 1.165) is 5.56 Å². The summed E-state index contributed by atoms with van der Waals surface area (Å²) in [5.41, 5.74) is 0.759. The van der Waals surface area contributed by atoms with Crippen LogP contribution in [0.3, 0.4) is 0 Å². The molecule has 0 spiro atoms. The van der Waals surface area contributed by atoms with Gasteiger partial charge < -0.3 is 4.74 Å². The number of halogens is 4. The van der Waals surface area contributed by atoms with Crippen LogP contribution in [0.1, 0.15) is 32.3 Å². The molecule has 5 heteroatoms. The number of ether oxygens (including phenoxy) is 1. The Morgan fingerprint density at radius 2 is 1.61 bits per heavy atom. The molecule has 1 aromatic carbocycles. The van der Waals surface area contributed by atoms with Crippen molar-refractivity contribution in [1.82, 2.24) is 0 Å². The van der Waals surface area contributed by atoms with Crippen LogP contribution in [-0.4, -0.2) is 12.0 Å². The molecular weight excluding hydrogens is 281 g/mol. The molecule has 0 N–H and O–H groups in total. The lowest BCUT2D eigenvalue weighted by atomic mass is 9.91. The van der Waals surface area contributed by atoms with Gasteiger partial charge in [-0.15, -0.1) is 0 Å². The molecule has 0 aromatic heterocycles. The van der Waals surface area contributed by atoms with Crippen molar-refractivity contribution in [1.29, 1.82) is 0 Å². The summed E-state index contributed by atoms with van der Waals surface area (Å²) >= 11 is 11.8. The van der Waals surface area contributed by atoms with Crippen LogP contribution in [0.2, 0.25) is 10.0 Å². The quantitative estimate of drug-likeness (QED) is 0.700. The van der Waals surface area contributed by atoms with Crippen LogP contribution >= 0.6 is 23.2 Å². The standard InChI is InChI=1S/C11H10Cl2F2O.C2H6/c1-6-9(12)2-7(3-10(6)13)16-8-4-11(14,15)5-8;1-2/h2-3,8H,4-5H2,1H3;1-2H3. The molecule has 0 bridgehead atoms. The predicted molar refractivity (Wildman–Crippen MR) is 71.1 cm³/mol. The molecule has 1 aromatic rings. The zero-order valence-corrected chi connectivity index (χ0v) is 12.1. The van der Waals surface area contributed by atoms with Gasteiger partial charge in [0.2, 0.25) is 0 Å². The predicted octanol–water partition coefficient (Wildman–Crippen LogP) is 5.50. The van der Waals surface area contributed by atoms with E-state index < -0.39 is 12.0 Å². The van der Waals surface area contributed by atoms with Gasteiger partial charge in [0.15, 0.2) is 0 Å². The van der Waals surface area contributed by atoms with Crippen molar-refractivity contribution in [3.8, 4) is 5.75 Å². The highest BCUT2D eigenvalue weighted by atomic mass is 35.5. The molecule has 0 heterocycles. The van der Waals surface area contributed by atoms with Gasteiger partial charge >= 0.3 is 0 Å². The summed E-state index contributed by atoms with van der Waals surface area (Å²) in [5.74, 6) is -2.13. The maximum absolute atomic E-state index is 12.6. The summed E-state index contributed by atoms with van der Waals surface area (Å²) in [4.78, 5) is 0. The molecule has 102 valence electrons. The first-order valence-corrected chi connectivity index (χ1v) is 6.63. The summed E-state index contributed by atoms with van der Waals surface area (Å²) in [6.07, 6.45) is -0.920. The summed E-state index contributed by atoms with van der Waals surface area (Å²) in [6.45, 7) is 5.78. The van der Waals surface area contributed by atoms with Gasteiger partial charge in [-0.2, -0.15) is 0 Å². The number of rotatable bonds is 2. The first-order chi connectivity index (χ1) is 8.37. The molecule has 1 nitrogen and oxygen atoms in total. The highest BCUT2D eigenvalue weighted by molar-refractivity contribution is 6.36. The molecule has 1 aliphatic carbocycles. The van der Waals surface area contributed by atoms with E-state index in [1.165, 1.54) is 0 Å². The molecule has 0 atom stereocenters. The largest absolute Gasteiger partial charge is 0.490 e. The van der Waals surface area contributed by atoms with Crippen molar-refractivity contribution in [3.05, 3.63) is 27.7 Å². The Hall–Kier alpha value is -0.540. The van der Waals surface area contributed by atoms with E-state index in [4.69, 9.17) is 27.9 Å². The minimum Gasteiger partial charge on any atom is -0.490 e. The Morgan fingerprint density at radius 1 is 1.17 bits per heavy atom.